The Balaban J connectivity index is 2.18. The van der Waals surface area contributed by atoms with Gasteiger partial charge in [0.15, 0.2) is 0 Å². The molecule has 0 amide bonds. The third-order valence-corrected chi connectivity index (χ3v) is 2.62. The van der Waals surface area contributed by atoms with Gasteiger partial charge < -0.3 is 10.5 Å². The number of hydrogen-bond acceptors (Lipinski definition) is 3. The highest BCUT2D eigenvalue weighted by Crippen LogP contribution is 2.21. The van der Waals surface area contributed by atoms with Crippen LogP contribution in [0.4, 0.5) is 4.39 Å². The molecular weight excluding hydrogens is 251 g/mol. The number of hydrogen-bond donors (Lipinski definition) is 1. The Labute approximate surface area is 109 Å². The van der Waals surface area contributed by atoms with Gasteiger partial charge in [-0.15, -0.1) is 0 Å². The summed E-state index contributed by atoms with van der Waals surface area (Å²) in [5.41, 5.74) is 6.68. The van der Waals surface area contributed by atoms with E-state index in [0.717, 1.165) is 0 Å². The Bertz CT molecular complexity index is 584. The first-order chi connectivity index (χ1) is 8.56. The van der Waals surface area contributed by atoms with Crippen LogP contribution in [-0.2, 0) is 0 Å². The molecule has 0 aliphatic heterocycles. The Hall–Kier alpha value is -2.01. The minimum Gasteiger partial charge on any atom is -0.439 e. The molecule has 0 unspecified atom stereocenters. The number of rotatable bonds is 3. The second kappa shape index (κ2) is 5.10. The van der Waals surface area contributed by atoms with Crippen LogP contribution in [0.3, 0.4) is 0 Å². The number of ether oxygens (including phenoxy) is 1. The summed E-state index contributed by atoms with van der Waals surface area (Å²) in [6.07, 6.45) is 1.52. The lowest BCUT2D eigenvalue weighted by Gasteiger charge is -2.06. The summed E-state index contributed by atoms with van der Waals surface area (Å²) in [5.74, 6) is 0.444. The minimum atomic E-state index is -0.313. The molecule has 0 spiro atoms. The zero-order valence-corrected chi connectivity index (χ0v) is 10.5. The van der Waals surface area contributed by atoms with E-state index in [9.17, 15) is 4.39 Å². The van der Waals surface area contributed by atoms with Gasteiger partial charge >= 0.3 is 0 Å². The van der Waals surface area contributed by atoms with Crippen LogP contribution < -0.4 is 10.5 Å². The second-order valence-electron chi connectivity index (χ2n) is 3.76. The van der Waals surface area contributed by atoms with Gasteiger partial charge in [-0.25, -0.2) is 9.37 Å². The van der Waals surface area contributed by atoms with Gasteiger partial charge in [-0.2, -0.15) is 0 Å². The van der Waals surface area contributed by atoms with E-state index in [1.54, 1.807) is 31.2 Å². The van der Waals surface area contributed by atoms with Crippen molar-refractivity contribution in [3.8, 4) is 11.6 Å². The average molecular weight is 262 g/mol. The molecule has 0 saturated heterocycles. The molecule has 0 bridgehead atoms. The third kappa shape index (κ3) is 2.81. The van der Waals surface area contributed by atoms with Crippen LogP contribution in [-0.4, -0.2) is 9.97 Å². The molecular formula is C13H11FN2OS. The van der Waals surface area contributed by atoms with E-state index in [0.29, 0.717) is 22.8 Å². The summed E-state index contributed by atoms with van der Waals surface area (Å²) in [6, 6.07) is 7.98. The number of nitrogens with zero attached hydrogens (tertiary/aromatic N) is 1. The van der Waals surface area contributed by atoms with Gasteiger partial charge in [0, 0.05) is 23.9 Å². The van der Waals surface area contributed by atoms with Crippen molar-refractivity contribution in [2.45, 2.75) is 6.92 Å². The van der Waals surface area contributed by atoms with E-state index in [1.165, 1.54) is 12.3 Å². The number of halogens is 1. The summed E-state index contributed by atoms with van der Waals surface area (Å²) in [6.45, 7) is 1.69. The molecule has 92 valence electrons. The maximum absolute atomic E-state index is 13.3. The average Bonchev–Trinajstić information content (AvgIpc) is 2.34. The molecule has 1 heterocycles. The maximum Gasteiger partial charge on any atom is 0.219 e. The molecule has 0 saturated carbocycles. The summed E-state index contributed by atoms with van der Waals surface area (Å²) >= 11 is 4.81. The fraction of sp³-hybridized carbons (Fsp3) is 0.0769. The van der Waals surface area contributed by atoms with Crippen molar-refractivity contribution in [2.75, 3.05) is 0 Å². The van der Waals surface area contributed by atoms with Crippen molar-refractivity contribution < 1.29 is 9.13 Å². The van der Waals surface area contributed by atoms with Gasteiger partial charge in [0.2, 0.25) is 5.88 Å². The number of thiocarbonyl (C=S) groups is 1. The van der Waals surface area contributed by atoms with Crippen molar-refractivity contribution >= 4 is 17.2 Å². The Kier molecular flexibility index (Phi) is 3.53. The van der Waals surface area contributed by atoms with Crippen LogP contribution in [0, 0.1) is 12.7 Å². The first-order valence-corrected chi connectivity index (χ1v) is 5.67. The third-order valence-electron chi connectivity index (χ3n) is 2.39. The first kappa shape index (κ1) is 12.4. The standard InChI is InChI=1S/C13H11FN2OS/c1-8-2-4-10(6-11(8)14)17-12-5-3-9(7-16-12)13(15)18/h2-7H,1H3,(H2,15,18). The van der Waals surface area contributed by atoms with E-state index < -0.39 is 0 Å². The van der Waals surface area contributed by atoms with Crippen LogP contribution in [0.2, 0.25) is 0 Å². The van der Waals surface area contributed by atoms with Crippen molar-refractivity contribution in [3.63, 3.8) is 0 Å². The zero-order valence-electron chi connectivity index (χ0n) is 9.68. The number of benzene rings is 1. The number of pyridine rings is 1. The van der Waals surface area contributed by atoms with E-state index in [-0.39, 0.29) is 10.8 Å². The van der Waals surface area contributed by atoms with E-state index in [1.807, 2.05) is 0 Å². The summed E-state index contributed by atoms with van der Waals surface area (Å²) in [5, 5.41) is 0. The first-order valence-electron chi connectivity index (χ1n) is 5.26. The molecule has 5 heteroatoms. The molecule has 2 N–H and O–H groups in total. The van der Waals surface area contributed by atoms with Gasteiger partial charge in [-0.1, -0.05) is 18.3 Å². The SMILES string of the molecule is Cc1ccc(Oc2ccc(C(N)=S)cn2)cc1F. The molecule has 18 heavy (non-hydrogen) atoms. The predicted molar refractivity (Wildman–Crippen MR) is 71.3 cm³/mol. The van der Waals surface area contributed by atoms with Gasteiger partial charge in [0.25, 0.3) is 0 Å². The highest BCUT2D eigenvalue weighted by atomic mass is 32.1. The lowest BCUT2D eigenvalue weighted by atomic mass is 10.2. The molecule has 1 aromatic heterocycles. The highest BCUT2D eigenvalue weighted by molar-refractivity contribution is 7.80. The quantitative estimate of drug-likeness (QED) is 0.864. The van der Waals surface area contributed by atoms with Crippen molar-refractivity contribution in [2.24, 2.45) is 5.73 Å². The van der Waals surface area contributed by atoms with Crippen LogP contribution in [0.25, 0.3) is 0 Å². The fourth-order valence-corrected chi connectivity index (χ4v) is 1.46. The molecule has 2 aromatic rings. The van der Waals surface area contributed by atoms with Crippen LogP contribution in [0.15, 0.2) is 36.5 Å². The molecule has 0 aliphatic rings. The van der Waals surface area contributed by atoms with E-state index in [2.05, 4.69) is 4.98 Å². The van der Waals surface area contributed by atoms with Crippen LogP contribution >= 0.6 is 12.2 Å². The predicted octanol–water partition coefficient (Wildman–Crippen LogP) is 2.96. The highest BCUT2D eigenvalue weighted by Gasteiger charge is 2.03. The summed E-state index contributed by atoms with van der Waals surface area (Å²) in [7, 11) is 0. The van der Waals surface area contributed by atoms with Crippen molar-refractivity contribution in [3.05, 3.63) is 53.5 Å². The largest absolute Gasteiger partial charge is 0.439 e. The maximum atomic E-state index is 13.3. The van der Waals surface area contributed by atoms with Crippen LogP contribution in [0.1, 0.15) is 11.1 Å². The zero-order chi connectivity index (χ0) is 13.1. The molecule has 1 aromatic carbocycles. The van der Waals surface area contributed by atoms with Gasteiger partial charge in [0.05, 0.1) is 0 Å². The molecule has 0 fully saturated rings. The number of aryl methyl sites for hydroxylation is 1. The lowest BCUT2D eigenvalue weighted by molar-refractivity contribution is 0.457. The molecule has 3 nitrogen and oxygen atoms in total. The van der Waals surface area contributed by atoms with Gasteiger partial charge in [-0.3, -0.25) is 0 Å². The summed E-state index contributed by atoms with van der Waals surface area (Å²) < 4.78 is 18.7. The second-order valence-corrected chi connectivity index (χ2v) is 4.20. The number of aromatic nitrogens is 1. The molecule has 2 rings (SSSR count). The minimum absolute atomic E-state index is 0.274. The van der Waals surface area contributed by atoms with Gasteiger partial charge in [-0.05, 0) is 24.6 Å². The van der Waals surface area contributed by atoms with Crippen molar-refractivity contribution in [1.82, 2.24) is 4.98 Å². The molecule has 0 atom stereocenters. The Morgan fingerprint density at radius 1 is 1.33 bits per heavy atom. The van der Waals surface area contributed by atoms with E-state index >= 15 is 0 Å². The summed E-state index contributed by atoms with van der Waals surface area (Å²) in [4.78, 5) is 4.31. The molecule has 0 radical (unpaired) electrons. The van der Waals surface area contributed by atoms with Crippen molar-refractivity contribution in [1.29, 1.82) is 0 Å². The Morgan fingerprint density at radius 2 is 2.11 bits per heavy atom. The van der Waals surface area contributed by atoms with E-state index in [4.69, 9.17) is 22.7 Å². The smallest absolute Gasteiger partial charge is 0.219 e. The molecule has 0 aliphatic carbocycles. The fourth-order valence-electron chi connectivity index (χ4n) is 1.34. The topological polar surface area (TPSA) is 48.1 Å². The number of nitrogens with two attached hydrogens (primary N) is 1. The lowest BCUT2D eigenvalue weighted by Crippen LogP contribution is -2.09. The van der Waals surface area contributed by atoms with Gasteiger partial charge in [0.1, 0.15) is 16.6 Å². The van der Waals surface area contributed by atoms with Crippen LogP contribution in [0.5, 0.6) is 11.6 Å². The normalized spacial score (nSPS) is 10.1. The monoisotopic (exact) mass is 262 g/mol. The Morgan fingerprint density at radius 3 is 2.67 bits per heavy atom.